The number of amides is 3. The van der Waals surface area contributed by atoms with Crippen molar-refractivity contribution in [1.29, 1.82) is 0 Å². The number of nitrogens with one attached hydrogen (secondary N) is 3. The van der Waals surface area contributed by atoms with Crippen LogP contribution in [0, 0.1) is 5.92 Å². The van der Waals surface area contributed by atoms with Gasteiger partial charge in [0.2, 0.25) is 17.7 Å². The molecule has 0 aliphatic carbocycles. The van der Waals surface area contributed by atoms with Gasteiger partial charge in [-0.1, -0.05) is 66.7 Å². The van der Waals surface area contributed by atoms with Gasteiger partial charge in [-0.2, -0.15) is 0 Å². The fraction of sp³-hybridized carbons (Fsp3) is 0.276. The molecule has 194 valence electrons. The van der Waals surface area contributed by atoms with Gasteiger partial charge in [0.1, 0.15) is 6.04 Å². The van der Waals surface area contributed by atoms with E-state index in [2.05, 4.69) is 22.5 Å². The van der Waals surface area contributed by atoms with E-state index in [4.69, 9.17) is 0 Å². The van der Waals surface area contributed by atoms with Gasteiger partial charge in [0.05, 0.1) is 25.2 Å². The molecule has 0 spiro atoms. The number of carbonyl (C=O) groups is 3. The minimum atomic E-state index is -1.20. The Morgan fingerprint density at radius 2 is 1.54 bits per heavy atom. The molecule has 5 N–H and O–H groups in total. The smallest absolute Gasteiger partial charge is 0.249 e. The third kappa shape index (κ3) is 8.27. The maximum absolute atomic E-state index is 12.9. The summed E-state index contributed by atoms with van der Waals surface area (Å²) in [4.78, 5) is 38.4. The van der Waals surface area contributed by atoms with Crippen molar-refractivity contribution in [2.24, 2.45) is 5.92 Å². The van der Waals surface area contributed by atoms with Crippen LogP contribution in [0.4, 0.5) is 5.69 Å². The molecular formula is C29H33N3O5. The van der Waals surface area contributed by atoms with Crippen molar-refractivity contribution in [3.05, 3.63) is 91.0 Å². The fourth-order valence-electron chi connectivity index (χ4n) is 4.03. The maximum Gasteiger partial charge on any atom is 0.249 e. The lowest BCUT2D eigenvalue weighted by molar-refractivity contribution is -0.133. The van der Waals surface area contributed by atoms with Crippen LogP contribution >= 0.6 is 0 Å². The van der Waals surface area contributed by atoms with Crippen LogP contribution < -0.4 is 16.0 Å². The molecule has 0 saturated heterocycles. The summed E-state index contributed by atoms with van der Waals surface area (Å²) in [7, 11) is 0. The number of benzene rings is 3. The fourth-order valence-corrected chi connectivity index (χ4v) is 4.03. The Morgan fingerprint density at radius 1 is 0.838 bits per heavy atom. The molecule has 0 fully saturated rings. The zero-order valence-corrected chi connectivity index (χ0v) is 20.6. The van der Waals surface area contributed by atoms with Crippen LogP contribution in [0.2, 0.25) is 0 Å². The molecule has 8 heteroatoms. The van der Waals surface area contributed by atoms with E-state index in [0.717, 1.165) is 16.3 Å². The van der Waals surface area contributed by atoms with E-state index in [0.29, 0.717) is 12.1 Å². The Balaban J connectivity index is 1.58. The molecule has 8 nitrogen and oxygen atoms in total. The Kier molecular flexibility index (Phi) is 10.4. The first-order chi connectivity index (χ1) is 17.9. The van der Waals surface area contributed by atoms with Crippen LogP contribution in [0.5, 0.6) is 0 Å². The Bertz CT molecular complexity index is 1210. The molecule has 0 radical (unpaired) electrons. The molecule has 0 unspecified atom stereocenters. The first kappa shape index (κ1) is 27.6. The van der Waals surface area contributed by atoms with Gasteiger partial charge in [-0.15, -0.1) is 6.58 Å². The lowest BCUT2D eigenvalue weighted by Gasteiger charge is -2.22. The predicted molar refractivity (Wildman–Crippen MR) is 144 cm³/mol. The standard InChI is InChI=1S/C29H33N3O5/c1-2-8-23(17-27(35)30-25(18-33)15-20-9-4-3-5-10-20)28(36)32-26(19-34)29(37)31-24-14-13-21-11-6-7-12-22(21)16-24/h2-7,9-14,16,23,25-26,33-34H,1,8,15,17-19H2,(H,30,35)(H,31,37)(H,32,36)/t23-,25+,26+/m1/s1. The van der Waals surface area contributed by atoms with Crippen molar-refractivity contribution in [3.63, 3.8) is 0 Å². The summed E-state index contributed by atoms with van der Waals surface area (Å²) in [5.74, 6) is -2.32. The lowest BCUT2D eigenvalue weighted by atomic mass is 9.98. The highest BCUT2D eigenvalue weighted by Crippen LogP contribution is 2.19. The number of aliphatic hydroxyl groups is 2. The van der Waals surface area contributed by atoms with Crippen molar-refractivity contribution in [2.75, 3.05) is 18.5 Å². The number of aliphatic hydroxyl groups excluding tert-OH is 2. The Hall–Kier alpha value is -4.01. The van der Waals surface area contributed by atoms with Gasteiger partial charge in [-0.3, -0.25) is 14.4 Å². The van der Waals surface area contributed by atoms with E-state index in [9.17, 15) is 24.6 Å². The van der Waals surface area contributed by atoms with E-state index < -0.39 is 42.3 Å². The summed E-state index contributed by atoms with van der Waals surface area (Å²) >= 11 is 0. The molecule has 0 saturated carbocycles. The molecule has 0 aromatic heterocycles. The first-order valence-electron chi connectivity index (χ1n) is 12.2. The molecule has 3 rings (SSSR count). The molecule has 3 aromatic carbocycles. The van der Waals surface area contributed by atoms with Gasteiger partial charge >= 0.3 is 0 Å². The molecular weight excluding hydrogens is 470 g/mol. The SMILES string of the molecule is C=CC[C@H](CC(=O)N[C@H](CO)Cc1ccccc1)C(=O)N[C@@H](CO)C(=O)Nc1ccc2ccccc2c1. The van der Waals surface area contributed by atoms with Crippen molar-refractivity contribution in [2.45, 2.75) is 31.3 Å². The zero-order valence-electron chi connectivity index (χ0n) is 20.6. The van der Waals surface area contributed by atoms with Crippen molar-refractivity contribution in [3.8, 4) is 0 Å². The monoisotopic (exact) mass is 503 g/mol. The van der Waals surface area contributed by atoms with E-state index in [1.54, 1.807) is 12.1 Å². The van der Waals surface area contributed by atoms with E-state index in [-0.39, 0.29) is 19.4 Å². The highest BCUT2D eigenvalue weighted by molar-refractivity contribution is 5.99. The van der Waals surface area contributed by atoms with Gasteiger partial charge in [0, 0.05) is 12.1 Å². The quantitative estimate of drug-likeness (QED) is 0.229. The van der Waals surface area contributed by atoms with Crippen LogP contribution in [0.25, 0.3) is 10.8 Å². The van der Waals surface area contributed by atoms with Crippen LogP contribution in [0.3, 0.4) is 0 Å². The van der Waals surface area contributed by atoms with E-state index in [1.165, 1.54) is 6.08 Å². The topological polar surface area (TPSA) is 128 Å². The second-order valence-electron chi connectivity index (χ2n) is 8.86. The number of allylic oxidation sites excluding steroid dienone is 1. The third-order valence-electron chi connectivity index (χ3n) is 6.00. The average Bonchev–Trinajstić information content (AvgIpc) is 2.91. The largest absolute Gasteiger partial charge is 0.394 e. The summed E-state index contributed by atoms with van der Waals surface area (Å²) in [6.45, 7) is 2.80. The van der Waals surface area contributed by atoms with Crippen LogP contribution in [0.15, 0.2) is 85.5 Å². The molecule has 0 bridgehead atoms. The second kappa shape index (κ2) is 13.9. The van der Waals surface area contributed by atoms with Crippen molar-refractivity contribution in [1.82, 2.24) is 10.6 Å². The van der Waals surface area contributed by atoms with Crippen LogP contribution in [-0.4, -0.2) is 53.2 Å². The number of carbonyl (C=O) groups excluding carboxylic acids is 3. The highest BCUT2D eigenvalue weighted by atomic mass is 16.3. The summed E-state index contributed by atoms with van der Waals surface area (Å²) in [6.07, 6.45) is 2.01. The molecule has 3 amide bonds. The lowest BCUT2D eigenvalue weighted by Crippen LogP contribution is -2.49. The van der Waals surface area contributed by atoms with Crippen LogP contribution in [0.1, 0.15) is 18.4 Å². The summed E-state index contributed by atoms with van der Waals surface area (Å²) < 4.78 is 0. The maximum atomic E-state index is 12.9. The Morgan fingerprint density at radius 3 is 2.22 bits per heavy atom. The highest BCUT2D eigenvalue weighted by Gasteiger charge is 2.27. The minimum absolute atomic E-state index is 0.159. The molecule has 37 heavy (non-hydrogen) atoms. The number of anilines is 1. The summed E-state index contributed by atoms with van der Waals surface area (Å²) in [5.41, 5.74) is 1.50. The Labute approximate surface area is 216 Å². The second-order valence-corrected chi connectivity index (χ2v) is 8.86. The molecule has 3 atom stereocenters. The molecule has 3 aromatic rings. The number of fused-ring (bicyclic) bond motifs is 1. The van der Waals surface area contributed by atoms with Gasteiger partial charge in [-0.05, 0) is 41.3 Å². The minimum Gasteiger partial charge on any atom is -0.394 e. The normalized spacial score (nSPS) is 13.2. The molecule has 0 aliphatic rings. The predicted octanol–water partition coefficient (Wildman–Crippen LogP) is 2.56. The van der Waals surface area contributed by atoms with Gasteiger partial charge in [-0.25, -0.2) is 0 Å². The first-order valence-corrected chi connectivity index (χ1v) is 12.2. The molecule has 0 aliphatic heterocycles. The van der Waals surface area contributed by atoms with Crippen molar-refractivity contribution >= 4 is 34.2 Å². The number of rotatable bonds is 13. The van der Waals surface area contributed by atoms with E-state index >= 15 is 0 Å². The summed E-state index contributed by atoms with van der Waals surface area (Å²) in [6, 6.07) is 20.9. The average molecular weight is 504 g/mol. The number of hydrogen-bond donors (Lipinski definition) is 5. The number of hydrogen-bond acceptors (Lipinski definition) is 5. The third-order valence-corrected chi connectivity index (χ3v) is 6.00. The van der Waals surface area contributed by atoms with Gasteiger partial charge in [0.25, 0.3) is 0 Å². The van der Waals surface area contributed by atoms with Crippen molar-refractivity contribution < 1.29 is 24.6 Å². The van der Waals surface area contributed by atoms with Gasteiger partial charge < -0.3 is 26.2 Å². The van der Waals surface area contributed by atoms with Crippen LogP contribution in [-0.2, 0) is 20.8 Å². The summed E-state index contributed by atoms with van der Waals surface area (Å²) in [5, 5.41) is 29.5. The molecule has 0 heterocycles. The van der Waals surface area contributed by atoms with Gasteiger partial charge in [0.15, 0.2) is 0 Å². The van der Waals surface area contributed by atoms with E-state index in [1.807, 2.05) is 60.7 Å². The zero-order chi connectivity index (χ0) is 26.6.